The first kappa shape index (κ1) is 10.3. The largest absolute Gasteiger partial charge is 0.480 e. The van der Waals surface area contributed by atoms with Gasteiger partial charge in [-0.15, -0.1) is 0 Å². The van der Waals surface area contributed by atoms with E-state index in [9.17, 15) is 4.79 Å². The lowest BCUT2D eigenvalue weighted by Gasteiger charge is -2.19. The van der Waals surface area contributed by atoms with Crippen LogP contribution in [0.3, 0.4) is 0 Å². The Morgan fingerprint density at radius 3 is 2.36 bits per heavy atom. The summed E-state index contributed by atoms with van der Waals surface area (Å²) in [5, 5.41) is 8.37. The zero-order valence-electron chi connectivity index (χ0n) is 6.58. The number of nitrogens with two attached hydrogens (primary N) is 3. The monoisotopic (exact) mass is 161 g/mol. The molecule has 66 valence electrons. The molecule has 0 radical (unpaired) electrons. The Kier molecular flexibility index (Phi) is 3.44. The summed E-state index contributed by atoms with van der Waals surface area (Å²) in [5.41, 5.74) is 15.2. The molecule has 0 unspecified atom stereocenters. The lowest BCUT2D eigenvalue weighted by atomic mass is 10.0. The maximum atomic E-state index is 10.2. The summed E-state index contributed by atoms with van der Waals surface area (Å²) in [5.74, 6) is -1.02. The molecule has 0 rings (SSSR count). The van der Waals surface area contributed by atoms with Gasteiger partial charge in [-0.2, -0.15) is 0 Å². The van der Waals surface area contributed by atoms with Gasteiger partial charge in [0.05, 0.1) is 5.66 Å². The molecule has 0 heterocycles. The normalized spacial score (nSPS) is 14.5. The molecule has 0 aromatic carbocycles. The number of hydrogen-bond donors (Lipinski definition) is 4. The van der Waals surface area contributed by atoms with E-state index in [0.29, 0.717) is 12.8 Å². The fraction of sp³-hybridized carbons (Fsp3) is 0.833. The van der Waals surface area contributed by atoms with Crippen LogP contribution in [-0.4, -0.2) is 22.8 Å². The summed E-state index contributed by atoms with van der Waals surface area (Å²) in [4.78, 5) is 10.2. The first-order valence-corrected chi connectivity index (χ1v) is 3.39. The van der Waals surface area contributed by atoms with E-state index >= 15 is 0 Å². The smallest absolute Gasteiger partial charge is 0.320 e. The van der Waals surface area contributed by atoms with E-state index in [4.69, 9.17) is 22.3 Å². The van der Waals surface area contributed by atoms with Gasteiger partial charge in [0.1, 0.15) is 6.04 Å². The van der Waals surface area contributed by atoms with Crippen LogP contribution < -0.4 is 17.2 Å². The lowest BCUT2D eigenvalue weighted by Crippen LogP contribution is -2.47. The lowest BCUT2D eigenvalue weighted by molar-refractivity contribution is -0.138. The third kappa shape index (κ3) is 5.78. The van der Waals surface area contributed by atoms with Crippen LogP contribution >= 0.6 is 0 Å². The van der Waals surface area contributed by atoms with Gasteiger partial charge in [0.25, 0.3) is 0 Å². The minimum atomic E-state index is -1.02. The van der Waals surface area contributed by atoms with Crippen molar-refractivity contribution in [3.05, 3.63) is 0 Å². The number of carbonyl (C=O) groups is 1. The van der Waals surface area contributed by atoms with E-state index in [0.717, 1.165) is 0 Å². The third-order valence-corrected chi connectivity index (χ3v) is 1.31. The Morgan fingerprint density at radius 2 is 2.09 bits per heavy atom. The van der Waals surface area contributed by atoms with Gasteiger partial charge in [-0.3, -0.25) is 4.79 Å². The summed E-state index contributed by atoms with van der Waals surface area (Å²) in [6, 6.07) is -0.860. The Hall–Kier alpha value is -0.650. The number of carboxylic acids is 1. The van der Waals surface area contributed by atoms with Gasteiger partial charge >= 0.3 is 5.97 Å². The fourth-order valence-electron chi connectivity index (χ4n) is 0.590. The van der Waals surface area contributed by atoms with Crippen molar-refractivity contribution in [3.63, 3.8) is 0 Å². The minimum absolute atomic E-state index is 0.304. The summed E-state index contributed by atoms with van der Waals surface area (Å²) >= 11 is 0. The maximum absolute atomic E-state index is 10.2. The molecule has 0 aliphatic carbocycles. The van der Waals surface area contributed by atoms with Crippen molar-refractivity contribution in [1.82, 2.24) is 0 Å². The summed E-state index contributed by atoms with van der Waals surface area (Å²) in [6.45, 7) is 1.63. The SMILES string of the molecule is CC(N)(N)CC[C@H](N)C(=O)O. The van der Waals surface area contributed by atoms with Crippen molar-refractivity contribution < 1.29 is 9.90 Å². The van der Waals surface area contributed by atoms with Crippen molar-refractivity contribution in [2.75, 3.05) is 0 Å². The van der Waals surface area contributed by atoms with Crippen LogP contribution in [0.1, 0.15) is 19.8 Å². The maximum Gasteiger partial charge on any atom is 0.320 e. The highest BCUT2D eigenvalue weighted by Gasteiger charge is 2.17. The number of hydrogen-bond acceptors (Lipinski definition) is 4. The van der Waals surface area contributed by atoms with Crippen LogP contribution in [0.4, 0.5) is 0 Å². The molecular weight excluding hydrogens is 146 g/mol. The Bertz CT molecular complexity index is 141. The average molecular weight is 161 g/mol. The van der Waals surface area contributed by atoms with E-state index in [2.05, 4.69) is 0 Å². The second-order valence-corrected chi connectivity index (χ2v) is 2.99. The van der Waals surface area contributed by atoms with Crippen molar-refractivity contribution in [2.45, 2.75) is 31.5 Å². The molecule has 0 aromatic rings. The second-order valence-electron chi connectivity index (χ2n) is 2.99. The van der Waals surface area contributed by atoms with Crippen molar-refractivity contribution in [3.8, 4) is 0 Å². The highest BCUT2D eigenvalue weighted by molar-refractivity contribution is 5.72. The molecule has 0 aliphatic rings. The zero-order valence-corrected chi connectivity index (χ0v) is 6.58. The summed E-state index contributed by atoms with van der Waals surface area (Å²) < 4.78 is 0. The van der Waals surface area contributed by atoms with Gasteiger partial charge in [-0.1, -0.05) is 0 Å². The molecule has 0 spiro atoms. The van der Waals surface area contributed by atoms with Crippen molar-refractivity contribution in [2.24, 2.45) is 17.2 Å². The van der Waals surface area contributed by atoms with E-state index in [1.165, 1.54) is 0 Å². The van der Waals surface area contributed by atoms with Crippen molar-refractivity contribution in [1.29, 1.82) is 0 Å². The van der Waals surface area contributed by atoms with Crippen LogP contribution in [0.2, 0.25) is 0 Å². The van der Waals surface area contributed by atoms with Gasteiger partial charge in [0.15, 0.2) is 0 Å². The molecule has 1 atom stereocenters. The molecule has 0 amide bonds. The van der Waals surface area contributed by atoms with Gasteiger partial charge in [0, 0.05) is 0 Å². The first-order valence-electron chi connectivity index (χ1n) is 3.39. The molecule has 0 saturated carbocycles. The van der Waals surface area contributed by atoms with Gasteiger partial charge in [-0.05, 0) is 19.8 Å². The zero-order chi connectivity index (χ0) is 9.07. The van der Waals surface area contributed by atoms with E-state index in [1.54, 1.807) is 6.92 Å². The van der Waals surface area contributed by atoms with Crippen molar-refractivity contribution >= 4 is 5.97 Å². The molecule has 0 aliphatic heterocycles. The van der Waals surface area contributed by atoms with Crippen LogP contribution in [0.15, 0.2) is 0 Å². The summed E-state index contributed by atoms with van der Waals surface area (Å²) in [7, 11) is 0. The Morgan fingerprint density at radius 1 is 1.64 bits per heavy atom. The van der Waals surface area contributed by atoms with E-state index in [1.807, 2.05) is 0 Å². The quantitative estimate of drug-likeness (QED) is 0.387. The molecule has 5 nitrogen and oxygen atoms in total. The average Bonchev–Trinajstić information content (AvgIpc) is 1.80. The molecule has 0 fully saturated rings. The molecule has 0 bridgehead atoms. The number of rotatable bonds is 4. The predicted molar refractivity (Wildman–Crippen MR) is 41.6 cm³/mol. The highest BCUT2D eigenvalue weighted by Crippen LogP contribution is 2.03. The van der Waals surface area contributed by atoms with E-state index in [-0.39, 0.29) is 0 Å². The molecule has 7 N–H and O–H groups in total. The van der Waals surface area contributed by atoms with Crippen LogP contribution in [0.5, 0.6) is 0 Å². The van der Waals surface area contributed by atoms with E-state index < -0.39 is 17.7 Å². The highest BCUT2D eigenvalue weighted by atomic mass is 16.4. The Balaban J connectivity index is 3.63. The molecular formula is C6H15N3O2. The molecule has 0 aromatic heterocycles. The third-order valence-electron chi connectivity index (χ3n) is 1.31. The standard InChI is InChI=1S/C6H15N3O2/c1-6(8,9)3-2-4(7)5(10)11/h4H,2-3,7-9H2,1H3,(H,10,11)/t4-/m0/s1. The predicted octanol–water partition coefficient (Wildman–Crippen LogP) is -1.19. The van der Waals surface area contributed by atoms with Crippen LogP contribution in [-0.2, 0) is 4.79 Å². The second kappa shape index (κ2) is 3.66. The van der Waals surface area contributed by atoms with Crippen LogP contribution in [0.25, 0.3) is 0 Å². The molecule has 11 heavy (non-hydrogen) atoms. The van der Waals surface area contributed by atoms with Crippen LogP contribution in [0, 0.1) is 0 Å². The molecule has 5 heteroatoms. The topological polar surface area (TPSA) is 115 Å². The van der Waals surface area contributed by atoms with Gasteiger partial charge < -0.3 is 22.3 Å². The minimum Gasteiger partial charge on any atom is -0.480 e. The summed E-state index contributed by atoms with van der Waals surface area (Å²) in [6.07, 6.45) is 0.708. The Labute approximate surface area is 65.5 Å². The first-order chi connectivity index (χ1) is 4.83. The van der Waals surface area contributed by atoms with Gasteiger partial charge in [-0.25, -0.2) is 0 Å². The number of carboxylic acid groups (broad SMARTS) is 1. The number of aliphatic carboxylic acids is 1. The fourth-order valence-corrected chi connectivity index (χ4v) is 0.590. The van der Waals surface area contributed by atoms with Gasteiger partial charge in [0.2, 0.25) is 0 Å². The molecule has 0 saturated heterocycles.